The minimum absolute atomic E-state index is 0.0742. The van der Waals surface area contributed by atoms with E-state index in [0.29, 0.717) is 5.82 Å². The van der Waals surface area contributed by atoms with Gasteiger partial charge in [-0.25, -0.2) is 9.97 Å². The summed E-state index contributed by atoms with van der Waals surface area (Å²) in [4.78, 5) is 12.2. The van der Waals surface area contributed by atoms with E-state index in [2.05, 4.69) is 34.2 Å². The lowest BCUT2D eigenvalue weighted by Crippen LogP contribution is -1.99. The zero-order valence-electron chi connectivity index (χ0n) is 14.2. The van der Waals surface area contributed by atoms with E-state index in [4.69, 9.17) is 4.98 Å². The van der Waals surface area contributed by atoms with Crippen LogP contribution in [-0.4, -0.2) is 29.0 Å². The SMILES string of the molecule is Cn1c(-c2ccc3nc(-c4ccc5cc[nH]c5c4)cn3c2)cnc1CO. The van der Waals surface area contributed by atoms with E-state index in [-0.39, 0.29) is 6.61 Å². The molecule has 0 spiro atoms. The normalized spacial score (nSPS) is 11.6. The monoisotopic (exact) mass is 343 g/mol. The maximum Gasteiger partial charge on any atom is 0.137 e. The molecule has 0 bridgehead atoms. The number of hydrogen-bond donors (Lipinski definition) is 2. The molecule has 128 valence electrons. The molecule has 2 N–H and O–H groups in total. The molecule has 0 atom stereocenters. The highest BCUT2D eigenvalue weighted by atomic mass is 16.3. The lowest BCUT2D eigenvalue weighted by atomic mass is 10.1. The molecule has 26 heavy (non-hydrogen) atoms. The van der Waals surface area contributed by atoms with Gasteiger partial charge in [-0.2, -0.15) is 0 Å². The Hall–Kier alpha value is -3.38. The molecule has 0 aliphatic carbocycles. The van der Waals surface area contributed by atoms with E-state index in [1.807, 2.05) is 46.7 Å². The maximum atomic E-state index is 9.34. The number of benzene rings is 1. The first-order valence-electron chi connectivity index (χ1n) is 8.41. The van der Waals surface area contributed by atoms with Crippen LogP contribution in [0.25, 0.3) is 39.1 Å². The number of pyridine rings is 1. The van der Waals surface area contributed by atoms with Gasteiger partial charge in [0.25, 0.3) is 0 Å². The number of hydrogen-bond acceptors (Lipinski definition) is 3. The van der Waals surface area contributed by atoms with Crippen molar-refractivity contribution in [1.29, 1.82) is 0 Å². The van der Waals surface area contributed by atoms with Crippen molar-refractivity contribution in [2.45, 2.75) is 6.61 Å². The first-order valence-corrected chi connectivity index (χ1v) is 8.41. The molecule has 0 aliphatic heterocycles. The summed E-state index contributed by atoms with van der Waals surface area (Å²) < 4.78 is 3.92. The molecule has 5 rings (SSSR count). The molecule has 0 saturated carbocycles. The lowest BCUT2D eigenvalue weighted by molar-refractivity contribution is 0.267. The summed E-state index contributed by atoms with van der Waals surface area (Å²) in [6, 6.07) is 12.4. The van der Waals surface area contributed by atoms with Gasteiger partial charge in [-0.05, 0) is 29.7 Å². The smallest absolute Gasteiger partial charge is 0.137 e. The third-order valence-electron chi connectivity index (χ3n) is 4.82. The van der Waals surface area contributed by atoms with Crippen molar-refractivity contribution in [3.8, 4) is 22.5 Å². The fourth-order valence-corrected chi connectivity index (χ4v) is 3.35. The number of aromatic amines is 1. The molecule has 0 saturated heterocycles. The van der Waals surface area contributed by atoms with E-state index in [1.165, 1.54) is 5.39 Å². The molecule has 0 unspecified atom stereocenters. The molecule has 6 heteroatoms. The Balaban J connectivity index is 1.60. The van der Waals surface area contributed by atoms with Crippen molar-refractivity contribution in [3.05, 3.63) is 67.0 Å². The van der Waals surface area contributed by atoms with Crippen molar-refractivity contribution in [3.63, 3.8) is 0 Å². The van der Waals surface area contributed by atoms with E-state index in [9.17, 15) is 5.11 Å². The number of nitrogens with one attached hydrogen (secondary N) is 1. The summed E-state index contributed by atoms with van der Waals surface area (Å²) in [5, 5.41) is 10.5. The van der Waals surface area contributed by atoms with Gasteiger partial charge >= 0.3 is 0 Å². The zero-order valence-corrected chi connectivity index (χ0v) is 14.2. The number of rotatable bonds is 3. The summed E-state index contributed by atoms with van der Waals surface area (Å²) in [6.45, 7) is -0.0742. The van der Waals surface area contributed by atoms with Gasteiger partial charge in [-0.3, -0.25) is 0 Å². The Kier molecular flexibility index (Phi) is 3.20. The van der Waals surface area contributed by atoms with Crippen LogP contribution < -0.4 is 0 Å². The van der Waals surface area contributed by atoms with Crippen molar-refractivity contribution in [1.82, 2.24) is 23.9 Å². The molecule has 0 aliphatic rings. The second kappa shape index (κ2) is 5.57. The zero-order chi connectivity index (χ0) is 17.7. The van der Waals surface area contributed by atoms with Crippen molar-refractivity contribution in [2.75, 3.05) is 0 Å². The second-order valence-corrected chi connectivity index (χ2v) is 6.37. The summed E-state index contributed by atoms with van der Waals surface area (Å²) in [7, 11) is 1.91. The first kappa shape index (κ1) is 14.9. The van der Waals surface area contributed by atoms with Crippen LogP contribution >= 0.6 is 0 Å². The number of imidazole rings is 2. The molecular weight excluding hydrogens is 326 g/mol. The number of aromatic nitrogens is 5. The van der Waals surface area contributed by atoms with Gasteiger partial charge in [-0.15, -0.1) is 0 Å². The highest BCUT2D eigenvalue weighted by Gasteiger charge is 2.10. The average Bonchev–Trinajstić information content (AvgIpc) is 3.37. The standard InChI is InChI=1S/C20H17N5O/c1-24-18(9-22-20(24)12-26)15-4-5-19-23-17(11-25(19)10-15)14-3-2-13-6-7-21-16(13)8-14/h2-11,21,26H,12H2,1H3. The Bertz CT molecular complexity index is 1240. The highest BCUT2D eigenvalue weighted by molar-refractivity contribution is 5.84. The van der Waals surface area contributed by atoms with E-state index < -0.39 is 0 Å². The molecule has 4 heterocycles. The molecule has 0 radical (unpaired) electrons. The van der Waals surface area contributed by atoms with E-state index in [0.717, 1.165) is 33.7 Å². The van der Waals surface area contributed by atoms with Gasteiger partial charge < -0.3 is 19.1 Å². The molecule has 5 aromatic rings. The maximum absolute atomic E-state index is 9.34. The Morgan fingerprint density at radius 3 is 2.81 bits per heavy atom. The predicted molar refractivity (Wildman–Crippen MR) is 101 cm³/mol. The van der Waals surface area contributed by atoms with Crippen molar-refractivity contribution in [2.24, 2.45) is 7.05 Å². The molecule has 0 amide bonds. The molecular formula is C20H17N5O. The highest BCUT2D eigenvalue weighted by Crippen LogP contribution is 2.26. The molecule has 6 nitrogen and oxygen atoms in total. The first-order chi connectivity index (χ1) is 12.7. The van der Waals surface area contributed by atoms with Gasteiger partial charge in [0, 0.05) is 42.3 Å². The van der Waals surface area contributed by atoms with Crippen LogP contribution in [0, 0.1) is 0 Å². The molecule has 4 aromatic heterocycles. The minimum atomic E-state index is -0.0742. The fraction of sp³-hybridized carbons (Fsp3) is 0.100. The largest absolute Gasteiger partial charge is 0.388 e. The van der Waals surface area contributed by atoms with Crippen LogP contribution in [0.2, 0.25) is 0 Å². The van der Waals surface area contributed by atoms with Crippen LogP contribution in [0.4, 0.5) is 0 Å². The summed E-state index contributed by atoms with van der Waals surface area (Å²) in [5.41, 5.74) is 5.98. The van der Waals surface area contributed by atoms with Crippen molar-refractivity contribution >= 4 is 16.6 Å². The minimum Gasteiger partial charge on any atom is -0.388 e. The number of nitrogens with zero attached hydrogens (tertiary/aromatic N) is 4. The molecule has 1 aromatic carbocycles. The number of aliphatic hydroxyl groups excluding tert-OH is 1. The Morgan fingerprint density at radius 1 is 1.08 bits per heavy atom. The quantitative estimate of drug-likeness (QED) is 0.527. The summed E-state index contributed by atoms with van der Waals surface area (Å²) in [5.74, 6) is 0.644. The number of fused-ring (bicyclic) bond motifs is 2. The molecule has 0 fully saturated rings. The van der Waals surface area contributed by atoms with Crippen LogP contribution in [0.3, 0.4) is 0 Å². The lowest BCUT2D eigenvalue weighted by Gasteiger charge is -2.05. The topological polar surface area (TPSA) is 71.1 Å². The summed E-state index contributed by atoms with van der Waals surface area (Å²) in [6.07, 6.45) is 7.80. The van der Waals surface area contributed by atoms with E-state index >= 15 is 0 Å². The van der Waals surface area contributed by atoms with Gasteiger partial charge in [0.2, 0.25) is 0 Å². The third kappa shape index (κ3) is 2.23. The average molecular weight is 343 g/mol. The van der Waals surface area contributed by atoms with Gasteiger partial charge in [0.05, 0.1) is 17.6 Å². The van der Waals surface area contributed by atoms with Gasteiger partial charge in [-0.1, -0.05) is 12.1 Å². The van der Waals surface area contributed by atoms with E-state index in [1.54, 1.807) is 6.20 Å². The van der Waals surface area contributed by atoms with Gasteiger partial charge in [0.15, 0.2) is 0 Å². The Morgan fingerprint density at radius 2 is 1.96 bits per heavy atom. The summed E-state index contributed by atoms with van der Waals surface area (Å²) >= 11 is 0. The van der Waals surface area contributed by atoms with Crippen LogP contribution in [0.1, 0.15) is 5.82 Å². The van der Waals surface area contributed by atoms with Gasteiger partial charge in [0.1, 0.15) is 18.1 Å². The Labute approximate surface area is 149 Å². The predicted octanol–water partition coefficient (Wildman–Crippen LogP) is 3.38. The fourth-order valence-electron chi connectivity index (χ4n) is 3.35. The number of H-pyrrole nitrogens is 1. The number of aliphatic hydroxyl groups is 1. The second-order valence-electron chi connectivity index (χ2n) is 6.37. The third-order valence-corrected chi connectivity index (χ3v) is 4.82. The van der Waals surface area contributed by atoms with Crippen molar-refractivity contribution < 1.29 is 5.11 Å². The van der Waals surface area contributed by atoms with Crippen LogP contribution in [0.15, 0.2) is 61.2 Å². The van der Waals surface area contributed by atoms with Crippen LogP contribution in [-0.2, 0) is 13.7 Å². The van der Waals surface area contributed by atoms with Crippen LogP contribution in [0.5, 0.6) is 0 Å².